The molecule has 1 aromatic heterocycles. The zero-order valence-corrected chi connectivity index (χ0v) is 10.2. The average Bonchev–Trinajstić information content (AvgIpc) is 2.67. The van der Waals surface area contributed by atoms with Crippen molar-refractivity contribution in [1.82, 2.24) is 0 Å². The molecule has 1 aliphatic rings. The maximum atomic E-state index is 9.51. The second-order valence-corrected chi connectivity index (χ2v) is 5.26. The minimum Gasteiger partial charge on any atom is -0.467 e. The third-order valence-corrected chi connectivity index (χ3v) is 3.81. The van der Waals surface area contributed by atoms with Crippen molar-refractivity contribution in [2.75, 3.05) is 6.54 Å². The number of hydrogen-bond donors (Lipinski definition) is 2. The van der Waals surface area contributed by atoms with Gasteiger partial charge in [-0.1, -0.05) is 0 Å². The molecule has 0 bridgehead atoms. The van der Waals surface area contributed by atoms with Crippen molar-refractivity contribution in [3.8, 4) is 0 Å². The summed E-state index contributed by atoms with van der Waals surface area (Å²) < 4.78 is 6.48. The maximum Gasteiger partial charge on any atom is 0.112 e. The smallest absolute Gasteiger partial charge is 0.112 e. The normalized spacial score (nSPS) is 31.8. The summed E-state index contributed by atoms with van der Waals surface area (Å²) in [6, 6.07) is 1.99. The highest BCUT2D eigenvalue weighted by Crippen LogP contribution is 2.40. The quantitative estimate of drug-likeness (QED) is 0.869. The van der Waals surface area contributed by atoms with E-state index >= 15 is 0 Å². The monoisotopic (exact) mass is 273 g/mol. The van der Waals surface area contributed by atoms with Gasteiger partial charge in [-0.3, -0.25) is 0 Å². The largest absolute Gasteiger partial charge is 0.467 e. The van der Waals surface area contributed by atoms with E-state index in [0.29, 0.717) is 6.54 Å². The third-order valence-electron chi connectivity index (χ3n) is 3.39. The molecule has 1 fully saturated rings. The molecule has 3 N–H and O–H groups in total. The van der Waals surface area contributed by atoms with E-state index in [9.17, 15) is 5.11 Å². The van der Waals surface area contributed by atoms with E-state index in [2.05, 4.69) is 15.9 Å². The molecule has 0 radical (unpaired) electrons. The Bertz CT molecular complexity index is 329. The van der Waals surface area contributed by atoms with Crippen LogP contribution in [0.3, 0.4) is 0 Å². The van der Waals surface area contributed by atoms with Crippen LogP contribution in [-0.4, -0.2) is 17.8 Å². The Morgan fingerprint density at radius 1 is 1.53 bits per heavy atom. The Hall–Kier alpha value is -0.320. The molecule has 0 unspecified atom stereocenters. The minimum absolute atomic E-state index is 0.0642. The fourth-order valence-electron chi connectivity index (χ4n) is 2.30. The highest BCUT2D eigenvalue weighted by molar-refractivity contribution is 9.10. The van der Waals surface area contributed by atoms with Crippen LogP contribution < -0.4 is 5.73 Å². The topological polar surface area (TPSA) is 59.4 Å². The Balaban J connectivity index is 2.22. The molecular weight excluding hydrogens is 258 g/mol. The highest BCUT2D eigenvalue weighted by Gasteiger charge is 2.37. The molecule has 0 saturated heterocycles. The second-order valence-electron chi connectivity index (χ2n) is 4.34. The van der Waals surface area contributed by atoms with Crippen LogP contribution in [0.5, 0.6) is 0 Å². The van der Waals surface area contributed by atoms with Crippen LogP contribution in [0, 0.1) is 0 Å². The molecule has 2 rings (SSSR count). The molecule has 0 atom stereocenters. The lowest BCUT2D eigenvalue weighted by Crippen LogP contribution is -2.39. The van der Waals surface area contributed by atoms with E-state index in [1.807, 2.05) is 6.07 Å². The highest BCUT2D eigenvalue weighted by atomic mass is 79.9. The van der Waals surface area contributed by atoms with Crippen LogP contribution in [0.4, 0.5) is 0 Å². The van der Waals surface area contributed by atoms with Gasteiger partial charge in [0.15, 0.2) is 0 Å². The Morgan fingerprint density at radius 3 is 2.67 bits per heavy atom. The number of furan rings is 1. The molecule has 3 nitrogen and oxygen atoms in total. The van der Waals surface area contributed by atoms with Crippen molar-refractivity contribution in [2.24, 2.45) is 5.73 Å². The van der Waals surface area contributed by atoms with Gasteiger partial charge in [-0.25, -0.2) is 0 Å². The molecule has 84 valence electrons. The summed E-state index contributed by atoms with van der Waals surface area (Å²) in [5, 5.41) is 9.51. The zero-order chi connectivity index (χ0) is 10.9. The predicted octanol–water partition coefficient (Wildman–Crippen LogP) is 2.17. The lowest BCUT2D eigenvalue weighted by Gasteiger charge is -2.36. The van der Waals surface area contributed by atoms with Gasteiger partial charge in [0.2, 0.25) is 0 Å². The van der Waals surface area contributed by atoms with Gasteiger partial charge in [0.1, 0.15) is 12.0 Å². The first-order valence-electron chi connectivity index (χ1n) is 5.29. The molecule has 0 aliphatic heterocycles. The van der Waals surface area contributed by atoms with Crippen molar-refractivity contribution in [1.29, 1.82) is 0 Å². The summed E-state index contributed by atoms with van der Waals surface area (Å²) in [5.74, 6) is 0.948. The first-order valence-corrected chi connectivity index (χ1v) is 6.08. The molecule has 1 saturated carbocycles. The Labute approximate surface area is 97.8 Å². The lowest BCUT2D eigenvalue weighted by molar-refractivity contribution is 0.0901. The van der Waals surface area contributed by atoms with Gasteiger partial charge < -0.3 is 15.3 Å². The van der Waals surface area contributed by atoms with E-state index in [1.54, 1.807) is 6.26 Å². The van der Waals surface area contributed by atoms with Gasteiger partial charge in [-0.05, 0) is 47.7 Å². The fourth-order valence-corrected chi connectivity index (χ4v) is 2.60. The van der Waals surface area contributed by atoms with Crippen LogP contribution in [0.15, 0.2) is 21.2 Å². The van der Waals surface area contributed by atoms with E-state index < -0.39 is 0 Å². The van der Waals surface area contributed by atoms with Gasteiger partial charge in [-0.15, -0.1) is 0 Å². The van der Waals surface area contributed by atoms with Gasteiger partial charge in [0.25, 0.3) is 0 Å². The summed E-state index contributed by atoms with van der Waals surface area (Å²) in [6.45, 7) is 0.583. The third kappa shape index (κ3) is 2.12. The molecule has 1 heterocycles. The van der Waals surface area contributed by atoms with Gasteiger partial charge >= 0.3 is 0 Å². The predicted molar refractivity (Wildman–Crippen MR) is 61.6 cm³/mol. The number of halogens is 1. The van der Waals surface area contributed by atoms with E-state index in [1.165, 1.54) is 0 Å². The second kappa shape index (κ2) is 4.28. The van der Waals surface area contributed by atoms with Crippen molar-refractivity contribution in [3.05, 3.63) is 22.6 Å². The molecule has 0 spiro atoms. The van der Waals surface area contributed by atoms with Gasteiger partial charge in [0.05, 0.1) is 10.6 Å². The standard InChI is InChI=1S/C11H16BrNO2/c12-8-5-10(15-6-8)11(7-13)3-1-9(14)2-4-11/h5-6,9,14H,1-4,7,13H2. The number of nitrogens with two attached hydrogens (primary N) is 1. The first-order chi connectivity index (χ1) is 7.16. The number of hydrogen-bond acceptors (Lipinski definition) is 3. The number of aliphatic hydroxyl groups excluding tert-OH is 1. The lowest BCUT2D eigenvalue weighted by atomic mass is 9.71. The number of aliphatic hydroxyl groups is 1. The van der Waals surface area contributed by atoms with Crippen LogP contribution in [0.1, 0.15) is 31.4 Å². The molecule has 15 heavy (non-hydrogen) atoms. The molecule has 0 aromatic carbocycles. The molecule has 4 heteroatoms. The van der Waals surface area contributed by atoms with E-state index in [4.69, 9.17) is 10.2 Å². The van der Waals surface area contributed by atoms with Crippen LogP contribution >= 0.6 is 15.9 Å². The Kier molecular flexibility index (Phi) is 3.19. The van der Waals surface area contributed by atoms with E-state index in [0.717, 1.165) is 35.9 Å². The summed E-state index contributed by atoms with van der Waals surface area (Å²) in [7, 11) is 0. The van der Waals surface area contributed by atoms with Crippen LogP contribution in [0.25, 0.3) is 0 Å². The molecule has 0 amide bonds. The van der Waals surface area contributed by atoms with Gasteiger partial charge in [-0.2, -0.15) is 0 Å². The average molecular weight is 274 g/mol. The molecule has 1 aliphatic carbocycles. The maximum absolute atomic E-state index is 9.51. The van der Waals surface area contributed by atoms with E-state index in [-0.39, 0.29) is 11.5 Å². The van der Waals surface area contributed by atoms with Gasteiger partial charge in [0, 0.05) is 12.0 Å². The summed E-state index contributed by atoms with van der Waals surface area (Å²) >= 11 is 3.38. The van der Waals surface area contributed by atoms with Crippen LogP contribution in [-0.2, 0) is 5.41 Å². The summed E-state index contributed by atoms with van der Waals surface area (Å²) in [5.41, 5.74) is 5.80. The Morgan fingerprint density at radius 2 is 2.20 bits per heavy atom. The zero-order valence-electron chi connectivity index (χ0n) is 8.58. The number of rotatable bonds is 2. The molecule has 1 aromatic rings. The summed E-state index contributed by atoms with van der Waals surface area (Å²) in [4.78, 5) is 0. The van der Waals surface area contributed by atoms with Crippen molar-refractivity contribution in [2.45, 2.75) is 37.2 Å². The van der Waals surface area contributed by atoms with Crippen LogP contribution in [0.2, 0.25) is 0 Å². The van der Waals surface area contributed by atoms with Crippen molar-refractivity contribution in [3.63, 3.8) is 0 Å². The van der Waals surface area contributed by atoms with Crippen molar-refractivity contribution < 1.29 is 9.52 Å². The molecular formula is C11H16BrNO2. The fraction of sp³-hybridized carbons (Fsp3) is 0.636. The van der Waals surface area contributed by atoms with Crippen molar-refractivity contribution >= 4 is 15.9 Å². The first kappa shape index (κ1) is 11.2. The summed E-state index contributed by atoms with van der Waals surface area (Å²) in [6.07, 6.45) is 4.97. The SMILES string of the molecule is NCC1(c2cc(Br)co2)CCC(O)CC1. The minimum atomic E-state index is -0.164.